The lowest BCUT2D eigenvalue weighted by molar-refractivity contribution is 0.584. The summed E-state index contributed by atoms with van der Waals surface area (Å²) in [5, 5.41) is 0. The van der Waals surface area contributed by atoms with E-state index < -0.39 is 10.0 Å². The van der Waals surface area contributed by atoms with Gasteiger partial charge in [0.25, 0.3) is 0 Å². The molecule has 0 saturated carbocycles. The number of halogens is 1. The minimum atomic E-state index is -3.49. The lowest BCUT2D eigenvalue weighted by Crippen LogP contribution is -2.26. The van der Waals surface area contributed by atoms with Gasteiger partial charge in [-0.15, -0.1) is 18.2 Å². The lowest BCUT2D eigenvalue weighted by atomic mass is 10.3. The molecule has 1 aromatic carbocycles. The fourth-order valence-corrected chi connectivity index (χ4v) is 3.36. The summed E-state index contributed by atoms with van der Waals surface area (Å²) < 4.78 is 26.9. The van der Waals surface area contributed by atoms with Gasteiger partial charge in [-0.2, -0.15) is 0 Å². The Balaban J connectivity index is 2.63. The van der Waals surface area contributed by atoms with E-state index in [0.29, 0.717) is 28.2 Å². The van der Waals surface area contributed by atoms with E-state index in [1.54, 1.807) is 6.07 Å². The van der Waals surface area contributed by atoms with E-state index in [1.165, 1.54) is 23.9 Å². The van der Waals surface area contributed by atoms with Gasteiger partial charge in [-0.05, 0) is 34.1 Å². The van der Waals surface area contributed by atoms with Gasteiger partial charge in [0.15, 0.2) is 0 Å². The number of thioether (sulfide) groups is 1. The predicted molar refractivity (Wildman–Crippen MR) is 79.9 cm³/mol. The molecule has 3 N–H and O–H groups in total. The van der Waals surface area contributed by atoms with E-state index in [0.717, 1.165) is 0 Å². The number of benzene rings is 1. The maximum Gasteiger partial charge on any atom is 0.240 e. The molecule has 0 aliphatic heterocycles. The van der Waals surface area contributed by atoms with Crippen LogP contribution < -0.4 is 10.5 Å². The standard InChI is InChI=1S/C11H13BrN2O2S2/c1-2-6-17-7-5-14-18(15,16)9-3-4-11(13)10(12)8-9/h1,3-4,8,14H,5-7,13H2. The number of nitrogens with two attached hydrogens (primary N) is 1. The van der Waals surface area contributed by atoms with Crippen molar-refractivity contribution in [3.63, 3.8) is 0 Å². The number of terminal acetylenes is 1. The molecule has 18 heavy (non-hydrogen) atoms. The number of anilines is 1. The second kappa shape index (κ2) is 7.04. The first-order valence-corrected chi connectivity index (χ1v) is 8.46. The summed E-state index contributed by atoms with van der Waals surface area (Å²) in [5.74, 6) is 3.69. The largest absolute Gasteiger partial charge is 0.398 e. The van der Waals surface area contributed by atoms with Crippen LogP contribution in [0.4, 0.5) is 5.69 Å². The summed E-state index contributed by atoms with van der Waals surface area (Å²) in [6, 6.07) is 4.50. The number of hydrogen-bond donors (Lipinski definition) is 2. The van der Waals surface area contributed by atoms with Gasteiger partial charge in [-0.3, -0.25) is 0 Å². The van der Waals surface area contributed by atoms with Crippen LogP contribution in [0.25, 0.3) is 0 Å². The molecule has 0 unspecified atom stereocenters. The molecular formula is C11H13BrN2O2S2. The number of rotatable bonds is 6. The first-order chi connectivity index (χ1) is 8.47. The molecule has 0 fully saturated rings. The van der Waals surface area contributed by atoms with E-state index in [4.69, 9.17) is 12.2 Å². The van der Waals surface area contributed by atoms with Crippen LogP contribution in [0.2, 0.25) is 0 Å². The third-order valence-corrected chi connectivity index (χ3v) is 5.02. The molecule has 0 saturated heterocycles. The summed E-state index contributed by atoms with van der Waals surface area (Å²) in [7, 11) is -3.49. The zero-order valence-electron chi connectivity index (χ0n) is 9.52. The van der Waals surface area contributed by atoms with Gasteiger partial charge in [-0.25, -0.2) is 13.1 Å². The molecule has 1 rings (SSSR count). The Kier molecular flexibility index (Phi) is 6.02. The fraction of sp³-hybridized carbons (Fsp3) is 0.273. The molecule has 0 heterocycles. The highest BCUT2D eigenvalue weighted by molar-refractivity contribution is 9.10. The van der Waals surface area contributed by atoms with Crippen LogP contribution in [0.1, 0.15) is 0 Å². The summed E-state index contributed by atoms with van der Waals surface area (Å²) >= 11 is 4.70. The molecule has 0 atom stereocenters. The Labute approximate surface area is 120 Å². The van der Waals surface area contributed by atoms with Crippen LogP contribution in [-0.4, -0.2) is 26.5 Å². The first kappa shape index (κ1) is 15.4. The third kappa shape index (κ3) is 4.53. The molecule has 0 spiro atoms. The van der Waals surface area contributed by atoms with Crippen LogP contribution in [0.15, 0.2) is 27.6 Å². The van der Waals surface area contributed by atoms with Crippen molar-refractivity contribution in [3.05, 3.63) is 22.7 Å². The average Bonchev–Trinajstić information content (AvgIpc) is 2.32. The van der Waals surface area contributed by atoms with Crippen molar-refractivity contribution in [2.75, 3.05) is 23.8 Å². The van der Waals surface area contributed by atoms with Crippen molar-refractivity contribution in [3.8, 4) is 12.3 Å². The Morgan fingerprint density at radius 2 is 2.22 bits per heavy atom. The van der Waals surface area contributed by atoms with Gasteiger partial charge in [-0.1, -0.05) is 5.92 Å². The molecular weight excluding hydrogens is 336 g/mol. The quantitative estimate of drug-likeness (QED) is 0.466. The third-order valence-electron chi connectivity index (χ3n) is 2.01. The second-order valence-corrected chi connectivity index (χ2v) is 7.06. The predicted octanol–water partition coefficient (Wildman–Crippen LogP) is 1.68. The Morgan fingerprint density at radius 3 is 2.83 bits per heavy atom. The highest BCUT2D eigenvalue weighted by atomic mass is 79.9. The minimum Gasteiger partial charge on any atom is -0.398 e. The molecule has 7 heteroatoms. The van der Waals surface area contributed by atoms with Crippen LogP contribution in [0, 0.1) is 12.3 Å². The van der Waals surface area contributed by atoms with Crippen LogP contribution >= 0.6 is 27.7 Å². The molecule has 0 bridgehead atoms. The highest BCUT2D eigenvalue weighted by Gasteiger charge is 2.14. The summed E-state index contributed by atoms with van der Waals surface area (Å²) in [4.78, 5) is 0.186. The zero-order valence-corrected chi connectivity index (χ0v) is 12.7. The molecule has 1 aromatic rings. The first-order valence-electron chi connectivity index (χ1n) is 5.03. The van der Waals surface area contributed by atoms with E-state index in [1.807, 2.05) is 0 Å². The van der Waals surface area contributed by atoms with Gasteiger partial charge in [0.2, 0.25) is 10.0 Å². The van der Waals surface area contributed by atoms with Crippen molar-refractivity contribution >= 4 is 43.4 Å². The van der Waals surface area contributed by atoms with E-state index in [-0.39, 0.29) is 4.90 Å². The summed E-state index contributed by atoms with van der Waals surface area (Å²) in [6.45, 7) is 0.344. The molecule has 0 aromatic heterocycles. The van der Waals surface area contributed by atoms with Gasteiger partial charge < -0.3 is 5.73 Å². The van der Waals surface area contributed by atoms with E-state index in [2.05, 4.69) is 26.6 Å². The van der Waals surface area contributed by atoms with Crippen molar-refractivity contribution in [2.24, 2.45) is 0 Å². The number of sulfonamides is 1. The Bertz CT molecular complexity index is 553. The Morgan fingerprint density at radius 1 is 1.50 bits per heavy atom. The van der Waals surface area contributed by atoms with Gasteiger partial charge in [0.1, 0.15) is 0 Å². The molecule has 4 nitrogen and oxygen atoms in total. The minimum absolute atomic E-state index is 0.186. The molecule has 0 amide bonds. The monoisotopic (exact) mass is 348 g/mol. The van der Waals surface area contributed by atoms with Gasteiger partial charge in [0, 0.05) is 22.5 Å². The highest BCUT2D eigenvalue weighted by Crippen LogP contribution is 2.22. The van der Waals surface area contributed by atoms with Gasteiger partial charge in [0.05, 0.1) is 10.6 Å². The lowest BCUT2D eigenvalue weighted by Gasteiger charge is -2.07. The molecule has 98 valence electrons. The topological polar surface area (TPSA) is 72.2 Å². The van der Waals surface area contributed by atoms with Crippen molar-refractivity contribution in [1.29, 1.82) is 0 Å². The SMILES string of the molecule is C#CCSCCNS(=O)(=O)c1ccc(N)c(Br)c1. The molecule has 0 radical (unpaired) electrons. The van der Waals surface area contributed by atoms with Crippen molar-refractivity contribution in [1.82, 2.24) is 4.72 Å². The van der Waals surface area contributed by atoms with Crippen molar-refractivity contribution < 1.29 is 8.42 Å². The summed E-state index contributed by atoms with van der Waals surface area (Å²) in [5.41, 5.74) is 6.10. The zero-order chi connectivity index (χ0) is 13.6. The maximum atomic E-state index is 11.9. The second-order valence-electron chi connectivity index (χ2n) is 3.34. The molecule has 0 aliphatic rings. The Hall–Kier alpha value is -0.680. The number of hydrogen-bond acceptors (Lipinski definition) is 4. The summed E-state index contributed by atoms with van der Waals surface area (Å²) in [6.07, 6.45) is 5.09. The molecule has 0 aliphatic carbocycles. The normalized spacial score (nSPS) is 11.1. The number of nitrogens with one attached hydrogen (secondary N) is 1. The van der Waals surface area contributed by atoms with Crippen LogP contribution in [0.3, 0.4) is 0 Å². The fourth-order valence-electron chi connectivity index (χ4n) is 1.14. The van der Waals surface area contributed by atoms with E-state index >= 15 is 0 Å². The van der Waals surface area contributed by atoms with E-state index in [9.17, 15) is 8.42 Å². The smallest absolute Gasteiger partial charge is 0.240 e. The average molecular weight is 349 g/mol. The maximum absolute atomic E-state index is 11.9. The van der Waals surface area contributed by atoms with Crippen LogP contribution in [-0.2, 0) is 10.0 Å². The number of nitrogen functional groups attached to an aromatic ring is 1. The van der Waals surface area contributed by atoms with Crippen LogP contribution in [0.5, 0.6) is 0 Å². The van der Waals surface area contributed by atoms with Gasteiger partial charge >= 0.3 is 0 Å². The van der Waals surface area contributed by atoms with Crippen molar-refractivity contribution in [2.45, 2.75) is 4.90 Å².